The Morgan fingerprint density at radius 1 is 1.32 bits per heavy atom. The van der Waals surface area contributed by atoms with Crippen molar-refractivity contribution in [2.24, 2.45) is 0 Å². The quantitative estimate of drug-likeness (QED) is 0.885. The minimum absolute atomic E-state index is 0.109. The van der Waals surface area contributed by atoms with Gasteiger partial charge >= 0.3 is 0 Å². The van der Waals surface area contributed by atoms with Gasteiger partial charge in [-0.25, -0.2) is 14.4 Å². The number of hydrogen-bond donors (Lipinski definition) is 2. The molecular weight excluding hydrogens is 323 g/mol. The molecule has 1 fully saturated rings. The highest BCUT2D eigenvalue weighted by Gasteiger charge is 2.34. The monoisotopic (exact) mass is 344 g/mol. The van der Waals surface area contributed by atoms with E-state index in [1.54, 1.807) is 36.5 Å². The number of nitrogens with one attached hydrogen (secondary N) is 1. The van der Waals surface area contributed by atoms with Crippen molar-refractivity contribution in [2.45, 2.75) is 31.4 Å². The highest BCUT2D eigenvalue weighted by molar-refractivity contribution is 5.91. The van der Waals surface area contributed by atoms with Gasteiger partial charge in [0.1, 0.15) is 5.82 Å². The first-order chi connectivity index (χ1) is 12.1. The number of piperidine rings is 1. The fourth-order valence-corrected chi connectivity index (χ4v) is 3.09. The Balaban J connectivity index is 1.80. The molecule has 1 aliphatic rings. The molecule has 1 aromatic carbocycles. The summed E-state index contributed by atoms with van der Waals surface area (Å²) in [5, 5.41) is 13.3. The molecule has 2 aromatic rings. The highest BCUT2D eigenvalue weighted by atomic mass is 19.1. The number of carbonyl (C=O) groups excluding carboxylic acids is 1. The Bertz CT molecular complexity index is 721. The van der Waals surface area contributed by atoms with E-state index in [0.29, 0.717) is 19.4 Å². The summed E-state index contributed by atoms with van der Waals surface area (Å²) in [5.74, 6) is -0.496. The normalized spacial score (nSPS) is 20.4. The number of hydrogen-bond acceptors (Lipinski definition) is 5. The SMILES string of the molecule is CNc1cnc(C(=O)N2CCC[C@H](O)[C@@H]2Cc2ccc(F)cc2)nc1. The van der Waals surface area contributed by atoms with Crippen LogP contribution in [0.2, 0.25) is 0 Å². The van der Waals surface area contributed by atoms with E-state index < -0.39 is 6.10 Å². The fourth-order valence-electron chi connectivity index (χ4n) is 3.09. The van der Waals surface area contributed by atoms with Crippen molar-refractivity contribution < 1.29 is 14.3 Å². The number of rotatable bonds is 4. The van der Waals surface area contributed by atoms with E-state index in [2.05, 4.69) is 15.3 Å². The van der Waals surface area contributed by atoms with Crippen LogP contribution in [-0.2, 0) is 6.42 Å². The van der Waals surface area contributed by atoms with Crippen LogP contribution in [0.1, 0.15) is 29.0 Å². The van der Waals surface area contributed by atoms with Crippen molar-refractivity contribution in [3.05, 3.63) is 53.9 Å². The lowest BCUT2D eigenvalue weighted by Gasteiger charge is -2.38. The number of aliphatic hydroxyl groups excluding tert-OH is 1. The van der Waals surface area contributed by atoms with Gasteiger partial charge in [-0.2, -0.15) is 0 Å². The van der Waals surface area contributed by atoms with E-state index in [1.807, 2.05) is 0 Å². The second kappa shape index (κ2) is 7.57. The number of aromatic nitrogens is 2. The van der Waals surface area contributed by atoms with Gasteiger partial charge in [0, 0.05) is 13.6 Å². The van der Waals surface area contributed by atoms with Crippen LogP contribution in [-0.4, -0.2) is 51.6 Å². The van der Waals surface area contributed by atoms with Crippen molar-refractivity contribution in [2.75, 3.05) is 18.9 Å². The van der Waals surface area contributed by atoms with Gasteiger partial charge < -0.3 is 15.3 Å². The molecule has 0 saturated carbocycles. The van der Waals surface area contributed by atoms with E-state index in [-0.39, 0.29) is 23.6 Å². The molecule has 0 spiro atoms. The van der Waals surface area contributed by atoms with Crippen LogP contribution in [0.4, 0.5) is 10.1 Å². The molecule has 2 N–H and O–H groups in total. The molecular formula is C18H21FN4O2. The van der Waals surface area contributed by atoms with Gasteiger partial charge in [0.05, 0.1) is 30.2 Å². The average Bonchev–Trinajstić information content (AvgIpc) is 2.64. The minimum atomic E-state index is -0.626. The summed E-state index contributed by atoms with van der Waals surface area (Å²) in [6, 6.07) is 5.75. The molecule has 1 aromatic heterocycles. The number of anilines is 1. The van der Waals surface area contributed by atoms with Gasteiger partial charge in [0.15, 0.2) is 0 Å². The maximum absolute atomic E-state index is 13.1. The van der Waals surface area contributed by atoms with Crippen LogP contribution < -0.4 is 5.32 Å². The second-order valence-electron chi connectivity index (χ2n) is 6.15. The van der Waals surface area contributed by atoms with Crippen LogP contribution in [0, 0.1) is 5.82 Å². The average molecular weight is 344 g/mol. The summed E-state index contributed by atoms with van der Waals surface area (Å²) in [7, 11) is 1.75. The van der Waals surface area contributed by atoms with Crippen molar-refractivity contribution in [1.29, 1.82) is 0 Å². The number of benzene rings is 1. The maximum atomic E-state index is 13.1. The molecule has 25 heavy (non-hydrogen) atoms. The molecule has 7 heteroatoms. The highest BCUT2D eigenvalue weighted by Crippen LogP contribution is 2.23. The predicted molar refractivity (Wildman–Crippen MR) is 91.7 cm³/mol. The first kappa shape index (κ1) is 17.3. The van der Waals surface area contributed by atoms with E-state index in [0.717, 1.165) is 17.7 Å². The largest absolute Gasteiger partial charge is 0.391 e. The molecule has 1 aliphatic heterocycles. The van der Waals surface area contributed by atoms with Gasteiger partial charge in [0.25, 0.3) is 5.91 Å². The fraction of sp³-hybridized carbons (Fsp3) is 0.389. The number of amides is 1. The zero-order chi connectivity index (χ0) is 17.8. The molecule has 0 aliphatic carbocycles. The summed E-state index contributed by atoms with van der Waals surface area (Å²) in [4.78, 5) is 22.7. The van der Waals surface area contributed by atoms with Gasteiger partial charge in [-0.15, -0.1) is 0 Å². The number of likely N-dealkylation sites (tertiary alicyclic amines) is 1. The molecule has 1 amide bonds. The Labute approximate surface area is 145 Å². The van der Waals surface area contributed by atoms with Gasteiger partial charge in [-0.05, 0) is 37.0 Å². The number of carbonyl (C=O) groups is 1. The van der Waals surface area contributed by atoms with E-state index >= 15 is 0 Å². The lowest BCUT2D eigenvalue weighted by molar-refractivity contribution is 0.0111. The lowest BCUT2D eigenvalue weighted by Crippen LogP contribution is -2.52. The second-order valence-corrected chi connectivity index (χ2v) is 6.15. The summed E-state index contributed by atoms with van der Waals surface area (Å²) < 4.78 is 13.1. The van der Waals surface area contributed by atoms with E-state index in [4.69, 9.17) is 0 Å². The molecule has 0 radical (unpaired) electrons. The number of aliphatic hydroxyl groups is 1. The molecule has 2 atom stereocenters. The van der Waals surface area contributed by atoms with Crippen LogP contribution in [0.25, 0.3) is 0 Å². The van der Waals surface area contributed by atoms with Crippen molar-refractivity contribution in [1.82, 2.24) is 14.9 Å². The Kier molecular flexibility index (Phi) is 5.23. The maximum Gasteiger partial charge on any atom is 0.292 e. The third-order valence-electron chi connectivity index (χ3n) is 4.49. The van der Waals surface area contributed by atoms with Crippen LogP contribution in [0.15, 0.2) is 36.7 Å². The number of halogens is 1. The standard InChI is InChI=1S/C18H21FN4O2/c1-20-14-10-21-17(22-11-14)18(25)23-8-2-3-16(24)15(23)9-12-4-6-13(19)7-5-12/h4-7,10-11,15-16,20,24H,2-3,8-9H2,1H3/t15-,16-/m0/s1. The Morgan fingerprint density at radius 2 is 2.00 bits per heavy atom. The topological polar surface area (TPSA) is 78.4 Å². The third-order valence-corrected chi connectivity index (χ3v) is 4.49. The summed E-state index contributed by atoms with van der Waals surface area (Å²) in [6.07, 6.45) is 4.29. The van der Waals surface area contributed by atoms with Crippen molar-refractivity contribution >= 4 is 11.6 Å². The van der Waals surface area contributed by atoms with Crippen LogP contribution >= 0.6 is 0 Å². The molecule has 1 saturated heterocycles. The Hall–Kier alpha value is -2.54. The molecule has 132 valence electrons. The Morgan fingerprint density at radius 3 is 2.64 bits per heavy atom. The molecule has 0 unspecified atom stereocenters. The van der Waals surface area contributed by atoms with Crippen molar-refractivity contribution in [3.63, 3.8) is 0 Å². The summed E-state index contributed by atoms with van der Waals surface area (Å²) in [5.41, 5.74) is 1.59. The zero-order valence-corrected chi connectivity index (χ0v) is 14.0. The van der Waals surface area contributed by atoms with E-state index in [1.165, 1.54) is 12.1 Å². The van der Waals surface area contributed by atoms with Crippen molar-refractivity contribution in [3.8, 4) is 0 Å². The minimum Gasteiger partial charge on any atom is -0.391 e. The first-order valence-electron chi connectivity index (χ1n) is 8.32. The van der Waals surface area contributed by atoms with Gasteiger partial charge in [-0.3, -0.25) is 4.79 Å². The summed E-state index contributed by atoms with van der Waals surface area (Å²) >= 11 is 0. The third kappa shape index (κ3) is 3.93. The number of nitrogens with zero attached hydrogens (tertiary/aromatic N) is 3. The molecule has 2 heterocycles. The molecule has 6 nitrogen and oxygen atoms in total. The van der Waals surface area contributed by atoms with Gasteiger partial charge in [0.2, 0.25) is 5.82 Å². The molecule has 0 bridgehead atoms. The summed E-state index contributed by atoms with van der Waals surface area (Å²) in [6.45, 7) is 0.541. The van der Waals surface area contributed by atoms with E-state index in [9.17, 15) is 14.3 Å². The van der Waals surface area contributed by atoms with Gasteiger partial charge in [-0.1, -0.05) is 12.1 Å². The predicted octanol–water partition coefficient (Wildman–Crippen LogP) is 1.87. The first-order valence-corrected chi connectivity index (χ1v) is 8.32. The van der Waals surface area contributed by atoms with Crippen LogP contribution in [0.5, 0.6) is 0 Å². The smallest absolute Gasteiger partial charge is 0.292 e. The van der Waals surface area contributed by atoms with Crippen LogP contribution in [0.3, 0.4) is 0 Å². The lowest BCUT2D eigenvalue weighted by atomic mass is 9.93. The molecule has 3 rings (SSSR count). The zero-order valence-electron chi connectivity index (χ0n) is 14.0.